The second-order valence-corrected chi connectivity index (χ2v) is 8.68. The number of hydrogen-bond acceptors (Lipinski definition) is 6. The molecule has 1 atom stereocenters. The quantitative estimate of drug-likeness (QED) is 0.648. The summed E-state index contributed by atoms with van der Waals surface area (Å²) in [4.78, 5) is 30.8. The van der Waals surface area contributed by atoms with Gasteiger partial charge >= 0.3 is 12.0 Å². The molecule has 0 aliphatic carbocycles. The van der Waals surface area contributed by atoms with E-state index >= 15 is 0 Å². The zero-order chi connectivity index (χ0) is 21.6. The summed E-state index contributed by atoms with van der Waals surface area (Å²) in [5.74, 6) is -0.383. The first-order chi connectivity index (χ1) is 15.1. The highest BCUT2D eigenvalue weighted by molar-refractivity contribution is 7.10. The van der Waals surface area contributed by atoms with Gasteiger partial charge in [0, 0.05) is 49.8 Å². The Bertz CT molecular complexity index is 922. The maximum Gasteiger partial charge on any atom is 0.338 e. The van der Waals surface area contributed by atoms with Crippen LogP contribution in [0.15, 0.2) is 59.1 Å². The van der Waals surface area contributed by atoms with Crippen LogP contribution in [0.2, 0.25) is 0 Å². The monoisotopic (exact) mass is 440 g/mol. The molecule has 0 spiro atoms. The van der Waals surface area contributed by atoms with Crippen LogP contribution in [0.1, 0.15) is 23.4 Å². The number of piperazine rings is 1. The van der Waals surface area contributed by atoms with E-state index in [9.17, 15) is 9.59 Å². The molecule has 0 saturated carbocycles. The Morgan fingerprint density at radius 3 is 2.42 bits per heavy atom. The van der Waals surface area contributed by atoms with Gasteiger partial charge < -0.3 is 15.4 Å². The summed E-state index contributed by atoms with van der Waals surface area (Å²) >= 11 is 1.52. The molecule has 8 heteroatoms. The second-order valence-electron chi connectivity index (χ2n) is 7.70. The summed E-state index contributed by atoms with van der Waals surface area (Å²) in [5, 5.41) is 7.70. The van der Waals surface area contributed by atoms with E-state index in [1.165, 1.54) is 16.9 Å². The molecule has 2 aliphatic rings. The number of nitrogens with one attached hydrogen (secondary N) is 2. The standard InChI is InChI=1S/C23H28N4O3S/c1-2-30-22(28)20-18(24-23(29)25-21(20)19-9-6-14-31-19)16-27-12-10-26(11-13-27)15-17-7-4-3-5-8-17/h3-9,14,21H,2,10-13,15-16H2,1H3,(H2,24,25,29)/t21-/m1/s1. The van der Waals surface area contributed by atoms with Gasteiger partial charge in [-0.25, -0.2) is 9.59 Å². The van der Waals surface area contributed by atoms with Gasteiger partial charge in [0.1, 0.15) is 0 Å². The van der Waals surface area contributed by atoms with Crippen LogP contribution in [0.4, 0.5) is 4.79 Å². The molecule has 0 radical (unpaired) electrons. The summed E-state index contributed by atoms with van der Waals surface area (Å²) in [6.07, 6.45) is 0. The maximum absolute atomic E-state index is 12.8. The smallest absolute Gasteiger partial charge is 0.338 e. The van der Waals surface area contributed by atoms with Crippen molar-refractivity contribution in [1.29, 1.82) is 0 Å². The van der Waals surface area contributed by atoms with E-state index in [0.717, 1.165) is 37.6 Å². The summed E-state index contributed by atoms with van der Waals surface area (Å²) in [6.45, 7) is 7.17. The van der Waals surface area contributed by atoms with Crippen LogP contribution in [0.3, 0.4) is 0 Å². The number of benzene rings is 1. The van der Waals surface area contributed by atoms with Crippen molar-refractivity contribution in [2.45, 2.75) is 19.5 Å². The highest BCUT2D eigenvalue weighted by Crippen LogP contribution is 2.31. The zero-order valence-electron chi connectivity index (χ0n) is 17.7. The number of carbonyl (C=O) groups is 2. The van der Waals surface area contributed by atoms with Crippen LogP contribution in [0.5, 0.6) is 0 Å². The number of rotatable bonds is 7. The predicted octanol–water partition coefficient (Wildman–Crippen LogP) is 2.74. The van der Waals surface area contributed by atoms with Crippen LogP contribution in [0.25, 0.3) is 0 Å². The van der Waals surface area contributed by atoms with Crippen LogP contribution < -0.4 is 10.6 Å². The van der Waals surface area contributed by atoms with E-state index in [4.69, 9.17) is 4.74 Å². The van der Waals surface area contributed by atoms with Gasteiger partial charge in [0.05, 0.1) is 18.2 Å². The summed E-state index contributed by atoms with van der Waals surface area (Å²) < 4.78 is 5.34. The lowest BCUT2D eigenvalue weighted by atomic mass is 10.0. The number of carbonyl (C=O) groups excluding carboxylic acids is 2. The van der Waals surface area contributed by atoms with E-state index in [0.29, 0.717) is 24.4 Å². The summed E-state index contributed by atoms with van der Waals surface area (Å²) in [6, 6.07) is 13.6. The Morgan fingerprint density at radius 2 is 1.77 bits per heavy atom. The van der Waals surface area contributed by atoms with Gasteiger partial charge in [0.25, 0.3) is 0 Å². The number of esters is 1. The first-order valence-electron chi connectivity index (χ1n) is 10.6. The Balaban J connectivity index is 1.47. The van der Waals surface area contributed by atoms with E-state index in [1.807, 2.05) is 23.6 Å². The molecule has 2 N–H and O–H groups in total. The van der Waals surface area contributed by atoms with Crippen molar-refractivity contribution in [3.8, 4) is 0 Å². The minimum Gasteiger partial charge on any atom is -0.463 e. The maximum atomic E-state index is 12.8. The van der Waals surface area contributed by atoms with Crippen molar-refractivity contribution in [1.82, 2.24) is 20.4 Å². The number of ether oxygens (including phenoxy) is 1. The average molecular weight is 441 g/mol. The highest BCUT2D eigenvalue weighted by Gasteiger charge is 2.35. The molecule has 3 heterocycles. The molecule has 1 fully saturated rings. The fraction of sp³-hybridized carbons (Fsp3) is 0.391. The Hall–Kier alpha value is -2.68. The Morgan fingerprint density at radius 1 is 1.06 bits per heavy atom. The highest BCUT2D eigenvalue weighted by atomic mass is 32.1. The number of urea groups is 1. The van der Waals surface area contributed by atoms with Gasteiger partial charge in [-0.05, 0) is 23.9 Å². The SMILES string of the molecule is CCOC(=O)C1=C(CN2CCN(Cc3ccccc3)CC2)NC(=O)N[C@@H]1c1cccs1. The van der Waals surface area contributed by atoms with Crippen molar-refractivity contribution >= 4 is 23.3 Å². The largest absolute Gasteiger partial charge is 0.463 e. The molecular formula is C23H28N4O3S. The van der Waals surface area contributed by atoms with E-state index in [-0.39, 0.29) is 12.0 Å². The van der Waals surface area contributed by atoms with Gasteiger partial charge in [-0.1, -0.05) is 36.4 Å². The van der Waals surface area contributed by atoms with Crippen LogP contribution in [0, 0.1) is 0 Å². The average Bonchev–Trinajstić information content (AvgIpc) is 3.30. The second kappa shape index (κ2) is 10.1. The van der Waals surface area contributed by atoms with Crippen LogP contribution in [-0.4, -0.2) is 61.1 Å². The number of nitrogens with zero attached hydrogens (tertiary/aromatic N) is 2. The third-order valence-corrected chi connectivity index (χ3v) is 6.51. The minimum atomic E-state index is -0.484. The molecule has 4 rings (SSSR count). The summed E-state index contributed by atoms with van der Waals surface area (Å²) in [5.41, 5.74) is 2.44. The molecule has 164 valence electrons. The topological polar surface area (TPSA) is 73.9 Å². The fourth-order valence-electron chi connectivity index (χ4n) is 4.03. The van der Waals surface area contributed by atoms with Crippen molar-refractivity contribution in [2.24, 2.45) is 0 Å². The van der Waals surface area contributed by atoms with E-state index in [2.05, 4.69) is 44.7 Å². The number of amides is 2. The predicted molar refractivity (Wildman–Crippen MR) is 121 cm³/mol. The molecular weight excluding hydrogens is 412 g/mol. The van der Waals surface area contributed by atoms with Gasteiger partial charge in [0.15, 0.2) is 0 Å². The molecule has 1 aromatic heterocycles. The molecule has 31 heavy (non-hydrogen) atoms. The molecule has 7 nitrogen and oxygen atoms in total. The lowest BCUT2D eigenvalue weighted by molar-refractivity contribution is -0.139. The molecule has 1 aromatic carbocycles. The molecule has 0 unspecified atom stereocenters. The lowest BCUT2D eigenvalue weighted by Crippen LogP contribution is -2.51. The molecule has 2 aromatic rings. The Kier molecular flexibility index (Phi) is 7.01. The van der Waals surface area contributed by atoms with Crippen molar-refractivity contribution < 1.29 is 14.3 Å². The van der Waals surface area contributed by atoms with Gasteiger partial charge in [-0.2, -0.15) is 0 Å². The van der Waals surface area contributed by atoms with Crippen molar-refractivity contribution in [3.63, 3.8) is 0 Å². The number of hydrogen-bond donors (Lipinski definition) is 2. The first kappa shape index (κ1) is 21.5. The molecule has 0 bridgehead atoms. The Labute approximate surface area is 186 Å². The van der Waals surface area contributed by atoms with Gasteiger partial charge in [-0.3, -0.25) is 9.80 Å². The first-order valence-corrected chi connectivity index (χ1v) is 11.5. The van der Waals surface area contributed by atoms with Gasteiger partial charge in [-0.15, -0.1) is 11.3 Å². The van der Waals surface area contributed by atoms with Crippen molar-refractivity contribution in [3.05, 3.63) is 69.6 Å². The normalized spacial score (nSPS) is 20.3. The van der Waals surface area contributed by atoms with Gasteiger partial charge in [0.2, 0.25) is 0 Å². The fourth-order valence-corrected chi connectivity index (χ4v) is 4.82. The molecule has 1 saturated heterocycles. The van der Waals surface area contributed by atoms with E-state index in [1.54, 1.807) is 6.92 Å². The minimum absolute atomic E-state index is 0.288. The summed E-state index contributed by atoms with van der Waals surface area (Å²) in [7, 11) is 0. The third kappa shape index (κ3) is 5.33. The molecule has 2 aliphatic heterocycles. The lowest BCUT2D eigenvalue weighted by Gasteiger charge is -2.37. The zero-order valence-corrected chi connectivity index (χ0v) is 18.5. The number of thiophene rings is 1. The molecule has 2 amide bonds. The van der Waals surface area contributed by atoms with E-state index < -0.39 is 6.04 Å². The van der Waals surface area contributed by atoms with Crippen LogP contribution >= 0.6 is 11.3 Å². The third-order valence-electron chi connectivity index (χ3n) is 5.57. The van der Waals surface area contributed by atoms with Crippen molar-refractivity contribution in [2.75, 3.05) is 39.3 Å². The van der Waals surface area contributed by atoms with Crippen LogP contribution in [-0.2, 0) is 16.1 Å².